The summed E-state index contributed by atoms with van der Waals surface area (Å²) in [5, 5.41) is 6.19. The number of benzene rings is 1. The fraction of sp³-hybridized carbons (Fsp3) is 0.533. The number of hydrogen-bond acceptors (Lipinski definition) is 2. The van der Waals surface area contributed by atoms with Crippen LogP contribution in [0, 0.1) is 12.8 Å². The molecule has 1 aromatic rings. The maximum atomic E-state index is 11.5. The van der Waals surface area contributed by atoms with Crippen LogP contribution in [-0.2, 0) is 4.79 Å². The van der Waals surface area contributed by atoms with Crippen molar-refractivity contribution in [2.45, 2.75) is 33.6 Å². The molecule has 0 unspecified atom stereocenters. The maximum absolute atomic E-state index is 11.5. The second kappa shape index (κ2) is 7.75. The van der Waals surface area contributed by atoms with Gasteiger partial charge in [-0.3, -0.25) is 4.79 Å². The Morgan fingerprint density at radius 3 is 2.72 bits per heavy atom. The summed E-state index contributed by atoms with van der Waals surface area (Å²) in [6.07, 6.45) is 1.56. The first-order valence-electron chi connectivity index (χ1n) is 6.65. The van der Waals surface area contributed by atoms with E-state index in [2.05, 4.69) is 43.5 Å². The van der Waals surface area contributed by atoms with Gasteiger partial charge in [0.2, 0.25) is 5.91 Å². The van der Waals surface area contributed by atoms with Gasteiger partial charge in [-0.1, -0.05) is 26.0 Å². The van der Waals surface area contributed by atoms with Crippen LogP contribution < -0.4 is 10.6 Å². The summed E-state index contributed by atoms with van der Waals surface area (Å²) < 4.78 is 0. The molecule has 3 heteroatoms. The molecular formula is C15H24N2O. The number of carbonyl (C=O) groups is 1. The molecule has 0 bridgehead atoms. The van der Waals surface area contributed by atoms with Crippen molar-refractivity contribution in [3.8, 4) is 0 Å². The van der Waals surface area contributed by atoms with Crippen LogP contribution in [0.3, 0.4) is 0 Å². The average Bonchev–Trinajstić information content (AvgIpc) is 2.28. The van der Waals surface area contributed by atoms with Crippen LogP contribution in [0.2, 0.25) is 0 Å². The fourth-order valence-corrected chi connectivity index (χ4v) is 1.66. The van der Waals surface area contributed by atoms with Gasteiger partial charge < -0.3 is 10.6 Å². The Morgan fingerprint density at radius 1 is 1.28 bits per heavy atom. The predicted molar refractivity (Wildman–Crippen MR) is 76.8 cm³/mol. The lowest BCUT2D eigenvalue weighted by atomic mass is 10.1. The molecule has 0 aliphatic carbocycles. The lowest BCUT2D eigenvalue weighted by Gasteiger charge is -2.09. The molecule has 1 aromatic carbocycles. The van der Waals surface area contributed by atoms with E-state index in [4.69, 9.17) is 0 Å². The molecule has 1 amide bonds. The second-order valence-corrected chi connectivity index (χ2v) is 5.08. The Morgan fingerprint density at radius 2 is 2.06 bits per heavy atom. The highest BCUT2D eigenvalue weighted by Gasteiger charge is 2.01. The maximum Gasteiger partial charge on any atom is 0.221 e. The molecule has 0 atom stereocenters. The topological polar surface area (TPSA) is 41.1 Å². The van der Waals surface area contributed by atoms with Gasteiger partial charge >= 0.3 is 0 Å². The van der Waals surface area contributed by atoms with Gasteiger partial charge in [-0.15, -0.1) is 0 Å². The molecule has 1 rings (SSSR count). The van der Waals surface area contributed by atoms with Crippen LogP contribution in [0.4, 0.5) is 5.69 Å². The lowest BCUT2D eigenvalue weighted by Crippen LogP contribution is -2.27. The fourth-order valence-electron chi connectivity index (χ4n) is 1.66. The van der Waals surface area contributed by atoms with Crippen LogP contribution in [0.5, 0.6) is 0 Å². The van der Waals surface area contributed by atoms with Crippen LogP contribution in [-0.4, -0.2) is 19.0 Å². The van der Waals surface area contributed by atoms with Gasteiger partial charge in [-0.2, -0.15) is 0 Å². The molecule has 0 fully saturated rings. The van der Waals surface area contributed by atoms with Crippen LogP contribution in [0.15, 0.2) is 24.3 Å². The van der Waals surface area contributed by atoms with Crippen molar-refractivity contribution < 1.29 is 4.79 Å². The quantitative estimate of drug-likeness (QED) is 0.779. The molecule has 0 aliphatic heterocycles. The largest absolute Gasteiger partial charge is 0.385 e. The first-order chi connectivity index (χ1) is 8.58. The van der Waals surface area contributed by atoms with Gasteiger partial charge in [0.05, 0.1) is 0 Å². The number of hydrogen-bond donors (Lipinski definition) is 2. The molecule has 0 saturated carbocycles. The summed E-state index contributed by atoms with van der Waals surface area (Å²) in [6, 6.07) is 8.17. The van der Waals surface area contributed by atoms with Gasteiger partial charge in [0.25, 0.3) is 0 Å². The Bertz CT molecular complexity index is 375. The van der Waals surface area contributed by atoms with Crippen molar-refractivity contribution >= 4 is 11.6 Å². The highest BCUT2D eigenvalue weighted by atomic mass is 16.1. The van der Waals surface area contributed by atoms with Crippen molar-refractivity contribution in [3.05, 3.63) is 29.8 Å². The third-order valence-corrected chi connectivity index (χ3v) is 2.74. The molecule has 0 aromatic heterocycles. The molecule has 0 saturated heterocycles. The van der Waals surface area contributed by atoms with Crippen molar-refractivity contribution in [2.75, 3.05) is 18.4 Å². The summed E-state index contributed by atoms with van der Waals surface area (Å²) in [6.45, 7) is 7.83. The first kappa shape index (κ1) is 14.6. The number of nitrogens with one attached hydrogen (secondary N) is 2. The van der Waals surface area contributed by atoms with Crippen LogP contribution >= 0.6 is 0 Å². The monoisotopic (exact) mass is 248 g/mol. The summed E-state index contributed by atoms with van der Waals surface area (Å²) >= 11 is 0. The predicted octanol–water partition coefficient (Wildman–Crippen LogP) is 2.96. The van der Waals surface area contributed by atoms with E-state index < -0.39 is 0 Å². The Kier molecular flexibility index (Phi) is 6.26. The highest BCUT2D eigenvalue weighted by Crippen LogP contribution is 2.09. The van der Waals surface area contributed by atoms with Gasteiger partial charge in [-0.25, -0.2) is 0 Å². The number of anilines is 1. The van der Waals surface area contributed by atoms with Gasteiger partial charge in [0.1, 0.15) is 0 Å². The number of carbonyl (C=O) groups excluding carboxylic acids is 1. The molecule has 100 valence electrons. The van der Waals surface area contributed by atoms with Crippen LogP contribution in [0.1, 0.15) is 32.3 Å². The normalized spacial score (nSPS) is 10.4. The molecule has 2 N–H and O–H groups in total. The van der Waals surface area contributed by atoms with E-state index in [0.717, 1.165) is 18.7 Å². The minimum atomic E-state index is 0.121. The standard InChI is InChI=1S/C15H24N2O/c1-12(2)7-9-17-15(18)8-10-16-14-6-4-5-13(3)11-14/h4-6,11-12,16H,7-10H2,1-3H3,(H,17,18). The van der Waals surface area contributed by atoms with E-state index in [0.29, 0.717) is 18.9 Å². The molecular weight excluding hydrogens is 224 g/mol. The number of aryl methyl sites for hydroxylation is 1. The van der Waals surface area contributed by atoms with Crippen molar-refractivity contribution in [3.63, 3.8) is 0 Å². The molecule has 18 heavy (non-hydrogen) atoms. The second-order valence-electron chi connectivity index (χ2n) is 5.08. The lowest BCUT2D eigenvalue weighted by molar-refractivity contribution is -0.120. The van der Waals surface area contributed by atoms with Gasteiger partial charge in [0, 0.05) is 25.2 Å². The van der Waals surface area contributed by atoms with E-state index in [1.165, 1.54) is 5.56 Å². The summed E-state index contributed by atoms with van der Waals surface area (Å²) in [5.41, 5.74) is 2.30. The van der Waals surface area contributed by atoms with E-state index in [1.54, 1.807) is 0 Å². The zero-order valence-electron chi connectivity index (χ0n) is 11.6. The van der Waals surface area contributed by atoms with Gasteiger partial charge in [-0.05, 0) is 37.0 Å². The third kappa shape index (κ3) is 6.28. The Labute approximate surface area is 110 Å². The van der Waals surface area contributed by atoms with Crippen molar-refractivity contribution in [1.82, 2.24) is 5.32 Å². The third-order valence-electron chi connectivity index (χ3n) is 2.74. The summed E-state index contributed by atoms with van der Waals surface area (Å²) in [7, 11) is 0. The molecule has 0 spiro atoms. The molecule has 0 radical (unpaired) electrons. The zero-order valence-corrected chi connectivity index (χ0v) is 11.6. The Hall–Kier alpha value is -1.51. The van der Waals surface area contributed by atoms with Crippen molar-refractivity contribution in [1.29, 1.82) is 0 Å². The number of amides is 1. The van der Waals surface area contributed by atoms with E-state index in [-0.39, 0.29) is 5.91 Å². The first-order valence-corrected chi connectivity index (χ1v) is 6.65. The summed E-state index contributed by atoms with van der Waals surface area (Å²) in [5.74, 6) is 0.756. The minimum Gasteiger partial charge on any atom is -0.385 e. The SMILES string of the molecule is Cc1cccc(NCCC(=O)NCCC(C)C)c1. The average molecular weight is 248 g/mol. The van der Waals surface area contributed by atoms with Gasteiger partial charge in [0.15, 0.2) is 0 Å². The highest BCUT2D eigenvalue weighted by molar-refractivity contribution is 5.76. The zero-order chi connectivity index (χ0) is 13.4. The summed E-state index contributed by atoms with van der Waals surface area (Å²) in [4.78, 5) is 11.5. The molecule has 0 heterocycles. The minimum absolute atomic E-state index is 0.121. The van der Waals surface area contributed by atoms with Crippen LogP contribution in [0.25, 0.3) is 0 Å². The van der Waals surface area contributed by atoms with E-state index in [9.17, 15) is 4.79 Å². The Balaban J connectivity index is 2.15. The molecule has 3 nitrogen and oxygen atoms in total. The van der Waals surface area contributed by atoms with E-state index >= 15 is 0 Å². The number of rotatable bonds is 7. The van der Waals surface area contributed by atoms with E-state index in [1.807, 2.05) is 12.1 Å². The van der Waals surface area contributed by atoms with Crippen molar-refractivity contribution in [2.24, 2.45) is 5.92 Å². The smallest absolute Gasteiger partial charge is 0.221 e. The molecule has 0 aliphatic rings.